The van der Waals surface area contributed by atoms with Gasteiger partial charge in [-0.25, -0.2) is 0 Å². The Hall–Kier alpha value is -0.275. The molecule has 0 spiro atoms. The van der Waals surface area contributed by atoms with Gasteiger partial charge in [0.25, 0.3) is 0 Å². The van der Waals surface area contributed by atoms with Gasteiger partial charge in [0.15, 0.2) is 0 Å². The molecule has 0 amide bonds. The van der Waals surface area contributed by atoms with Crippen LogP contribution in [-0.2, 0) is 0 Å². The van der Waals surface area contributed by atoms with Crippen molar-refractivity contribution >= 4 is 41.4 Å². The molecule has 0 nitrogen and oxygen atoms in total. The smallest absolute Gasteiger partial charge is 0.133 e. The summed E-state index contributed by atoms with van der Waals surface area (Å²) in [4.78, 5) is 0. The van der Waals surface area contributed by atoms with E-state index in [4.69, 9.17) is 0 Å². The predicted molar refractivity (Wildman–Crippen MR) is 80.0 cm³/mol. The van der Waals surface area contributed by atoms with Gasteiger partial charge in [-0.15, -0.1) is 31.5 Å². The third-order valence-electron chi connectivity index (χ3n) is 2.90. The maximum atomic E-state index is 3.62. The summed E-state index contributed by atoms with van der Waals surface area (Å²) in [5.74, 6) is 0. The highest BCUT2D eigenvalue weighted by atomic mass is 79.9. The number of benzene rings is 1. The van der Waals surface area contributed by atoms with Crippen molar-refractivity contribution in [2.24, 2.45) is 0 Å². The molecule has 1 aliphatic rings. The first-order chi connectivity index (χ1) is 7.68. The molecule has 2 rings (SSSR count). The molecule has 0 heterocycles. The number of rotatable bonds is 2. The molecule has 0 bridgehead atoms. The quantitative estimate of drug-likeness (QED) is 0.525. The van der Waals surface area contributed by atoms with E-state index < -0.39 is 0 Å². The summed E-state index contributed by atoms with van der Waals surface area (Å²) in [6.45, 7) is 2.21. The van der Waals surface area contributed by atoms with E-state index in [0.29, 0.717) is 0 Å². The molecule has 0 N–H and O–H groups in total. The summed E-state index contributed by atoms with van der Waals surface area (Å²) in [5.41, 5.74) is 5.70. The largest absolute Gasteiger partial charge is 0.326 e. The lowest BCUT2D eigenvalue weighted by Gasteiger charge is -2.20. The van der Waals surface area contributed by atoms with Crippen molar-refractivity contribution in [3.63, 3.8) is 0 Å². The Balaban J connectivity index is 2.42. The fourth-order valence-corrected chi connectivity index (χ4v) is 2.95. The zero-order chi connectivity index (χ0) is 11.5. The Bertz CT molecular complexity index is 433. The van der Waals surface area contributed by atoms with E-state index in [1.165, 1.54) is 22.2 Å². The second-order valence-electron chi connectivity index (χ2n) is 4.10. The minimum atomic E-state index is 0.277. The number of hydrogen-bond acceptors (Lipinski definition) is 0. The maximum absolute atomic E-state index is 3.62. The lowest BCUT2D eigenvalue weighted by molar-refractivity contribution is 1.12. The van der Waals surface area contributed by atoms with Gasteiger partial charge >= 0.3 is 4.36 Å². The number of hydrogen-bond donors (Lipinski definition) is 0. The molecule has 16 heavy (non-hydrogen) atoms. The molecule has 0 saturated carbocycles. The van der Waals surface area contributed by atoms with Gasteiger partial charge in [0, 0.05) is 0 Å². The first kappa shape index (κ1) is 12.2. The fourth-order valence-electron chi connectivity index (χ4n) is 2.02. The van der Waals surface area contributed by atoms with Crippen LogP contribution >= 0.6 is 31.5 Å². The van der Waals surface area contributed by atoms with Gasteiger partial charge in [-0.2, -0.15) is 0 Å². The van der Waals surface area contributed by atoms with Crippen LogP contribution in [0.2, 0.25) is 0 Å². The van der Waals surface area contributed by atoms with Gasteiger partial charge in [-0.3, -0.25) is 0 Å². The molecular weight excluding hydrogens is 327 g/mol. The average Bonchev–Trinajstić information content (AvgIpc) is 2.29. The van der Waals surface area contributed by atoms with Gasteiger partial charge in [0.1, 0.15) is 0 Å². The molecule has 0 aromatic heterocycles. The molecule has 0 fully saturated rings. The molecule has 82 valence electrons. The van der Waals surface area contributed by atoms with Crippen molar-refractivity contribution in [2.75, 3.05) is 0 Å². The Labute approximate surface area is 114 Å². The van der Waals surface area contributed by atoms with Crippen LogP contribution in [0.15, 0.2) is 47.5 Å². The zero-order valence-electron chi connectivity index (χ0n) is 9.21. The van der Waals surface area contributed by atoms with Crippen LogP contribution in [0.3, 0.4) is 0 Å². The molecule has 3 heteroatoms. The lowest BCUT2D eigenvalue weighted by atomic mass is 9.78. The minimum absolute atomic E-state index is 0.277. The predicted octanol–water partition coefficient (Wildman–Crippen LogP) is 5.00. The molecule has 0 radical (unpaired) electrons. The zero-order valence-corrected chi connectivity index (χ0v) is 12.4. The first-order valence-corrected chi connectivity index (χ1v) is 7.22. The molecular formula is C13H13BBr2. The summed E-state index contributed by atoms with van der Waals surface area (Å²) in [6.07, 6.45) is 4.42. The van der Waals surface area contributed by atoms with Crippen LogP contribution in [0.5, 0.6) is 0 Å². The Morgan fingerprint density at radius 3 is 2.44 bits per heavy atom. The topological polar surface area (TPSA) is 0 Å². The summed E-state index contributed by atoms with van der Waals surface area (Å²) in [5, 5.41) is 0. The Morgan fingerprint density at radius 2 is 1.81 bits per heavy atom. The van der Waals surface area contributed by atoms with E-state index in [0.717, 1.165) is 12.8 Å². The SMILES string of the molecule is CC1=CCC(B(Br)Br)=C(c2ccccc2)C1. The average molecular weight is 340 g/mol. The summed E-state index contributed by atoms with van der Waals surface area (Å²) >= 11 is 7.25. The van der Waals surface area contributed by atoms with Gasteiger partial charge in [0.2, 0.25) is 0 Å². The van der Waals surface area contributed by atoms with E-state index in [-0.39, 0.29) is 4.36 Å². The molecule has 0 atom stereocenters. The van der Waals surface area contributed by atoms with E-state index in [2.05, 4.69) is 74.8 Å². The van der Waals surface area contributed by atoms with Crippen molar-refractivity contribution in [1.29, 1.82) is 0 Å². The van der Waals surface area contributed by atoms with Crippen molar-refractivity contribution in [1.82, 2.24) is 0 Å². The van der Waals surface area contributed by atoms with Crippen molar-refractivity contribution in [3.05, 3.63) is 53.0 Å². The van der Waals surface area contributed by atoms with Crippen LogP contribution in [0.1, 0.15) is 25.3 Å². The van der Waals surface area contributed by atoms with Crippen molar-refractivity contribution in [3.8, 4) is 0 Å². The number of halogens is 2. The third-order valence-corrected chi connectivity index (χ3v) is 4.00. The molecule has 0 saturated heterocycles. The van der Waals surface area contributed by atoms with Gasteiger partial charge in [0.05, 0.1) is 0 Å². The van der Waals surface area contributed by atoms with Crippen LogP contribution in [0, 0.1) is 0 Å². The van der Waals surface area contributed by atoms with Gasteiger partial charge in [-0.1, -0.05) is 47.5 Å². The molecule has 0 aliphatic heterocycles. The highest BCUT2D eigenvalue weighted by Crippen LogP contribution is 2.35. The fraction of sp³-hybridized carbons (Fsp3) is 0.231. The van der Waals surface area contributed by atoms with Gasteiger partial charge < -0.3 is 0 Å². The third kappa shape index (κ3) is 2.69. The summed E-state index contributed by atoms with van der Waals surface area (Å²) in [7, 11) is 0. The standard InChI is InChI=1S/C13H13BBr2/c1-10-7-8-13(14(15)16)12(9-10)11-5-3-2-4-6-11/h2-7H,8-9H2,1H3. The summed E-state index contributed by atoms with van der Waals surface area (Å²) in [6, 6.07) is 10.7. The van der Waals surface area contributed by atoms with E-state index in [9.17, 15) is 0 Å². The molecule has 1 aliphatic carbocycles. The first-order valence-electron chi connectivity index (χ1n) is 5.39. The van der Waals surface area contributed by atoms with Crippen LogP contribution in [0.4, 0.5) is 0 Å². The normalized spacial score (nSPS) is 16.1. The highest BCUT2D eigenvalue weighted by molar-refractivity contribution is 9.49. The Kier molecular flexibility index (Phi) is 4.09. The molecule has 0 unspecified atom stereocenters. The number of allylic oxidation sites excluding steroid dienone is 4. The Morgan fingerprint density at radius 1 is 1.12 bits per heavy atom. The second kappa shape index (κ2) is 5.37. The van der Waals surface area contributed by atoms with Crippen LogP contribution in [-0.4, -0.2) is 4.36 Å². The van der Waals surface area contributed by atoms with Crippen molar-refractivity contribution < 1.29 is 0 Å². The minimum Gasteiger partial charge on any atom is -0.133 e. The van der Waals surface area contributed by atoms with Crippen molar-refractivity contribution in [2.45, 2.75) is 19.8 Å². The lowest BCUT2D eigenvalue weighted by Crippen LogP contribution is -2.06. The second-order valence-corrected chi connectivity index (χ2v) is 7.16. The van der Waals surface area contributed by atoms with E-state index in [1.807, 2.05) is 0 Å². The molecule has 1 aromatic carbocycles. The maximum Gasteiger partial charge on any atom is 0.326 e. The monoisotopic (exact) mass is 338 g/mol. The summed E-state index contributed by atoms with van der Waals surface area (Å²) < 4.78 is 0.277. The van der Waals surface area contributed by atoms with Crippen LogP contribution in [0.25, 0.3) is 5.57 Å². The van der Waals surface area contributed by atoms with Crippen LogP contribution < -0.4 is 0 Å². The highest BCUT2D eigenvalue weighted by Gasteiger charge is 2.20. The molecule has 1 aromatic rings. The van der Waals surface area contributed by atoms with Gasteiger partial charge in [-0.05, 0) is 30.9 Å². The van der Waals surface area contributed by atoms with E-state index >= 15 is 0 Å². The van der Waals surface area contributed by atoms with E-state index in [1.54, 1.807) is 0 Å².